The van der Waals surface area contributed by atoms with Gasteiger partial charge < -0.3 is 14.9 Å². The first-order valence-electron chi connectivity index (χ1n) is 8.42. The average molecular weight is 307 g/mol. The molecule has 124 valence electrons. The highest BCUT2D eigenvalue weighted by molar-refractivity contribution is 5.38. The molecule has 0 amide bonds. The quantitative estimate of drug-likeness (QED) is 0.813. The first-order chi connectivity index (χ1) is 10.7. The van der Waals surface area contributed by atoms with E-state index in [9.17, 15) is 10.2 Å². The van der Waals surface area contributed by atoms with E-state index in [1.165, 1.54) is 12.8 Å². The van der Waals surface area contributed by atoms with Gasteiger partial charge in [0.2, 0.25) is 0 Å². The molecule has 22 heavy (non-hydrogen) atoms. The summed E-state index contributed by atoms with van der Waals surface area (Å²) in [6.45, 7) is 6.40. The molecule has 1 aromatic carbocycles. The minimum Gasteiger partial charge on any atom is -0.493 e. The van der Waals surface area contributed by atoms with Gasteiger partial charge in [0.05, 0.1) is 12.7 Å². The average Bonchev–Trinajstić information content (AvgIpc) is 2.51. The van der Waals surface area contributed by atoms with E-state index in [-0.39, 0.29) is 6.61 Å². The maximum Gasteiger partial charge on any atom is 0.125 e. The summed E-state index contributed by atoms with van der Waals surface area (Å²) in [5, 5.41) is 19.9. The minimum absolute atomic E-state index is 0.214. The van der Waals surface area contributed by atoms with Crippen LogP contribution in [0.4, 0.5) is 0 Å². The Hall–Kier alpha value is -1.10. The molecule has 1 aliphatic rings. The maximum atomic E-state index is 10.7. The smallest absolute Gasteiger partial charge is 0.125 e. The molecule has 0 aliphatic carbocycles. The van der Waals surface area contributed by atoms with E-state index in [2.05, 4.69) is 4.90 Å². The van der Waals surface area contributed by atoms with Gasteiger partial charge in [0, 0.05) is 24.8 Å². The molecular weight excluding hydrogens is 278 g/mol. The van der Waals surface area contributed by atoms with Crippen molar-refractivity contribution in [3.05, 3.63) is 29.3 Å². The van der Waals surface area contributed by atoms with Crippen molar-refractivity contribution in [1.29, 1.82) is 0 Å². The number of nitrogens with zero attached hydrogens (tertiary/aromatic N) is 1. The number of aliphatic hydroxyl groups is 2. The van der Waals surface area contributed by atoms with Crippen LogP contribution in [0.25, 0.3) is 0 Å². The third-order valence-electron chi connectivity index (χ3n) is 4.44. The number of ether oxygens (including phenoxy) is 1. The molecule has 0 radical (unpaired) electrons. The van der Waals surface area contributed by atoms with Gasteiger partial charge in [0.15, 0.2) is 0 Å². The highest BCUT2D eigenvalue weighted by Gasteiger charge is 2.25. The van der Waals surface area contributed by atoms with E-state index >= 15 is 0 Å². The molecule has 1 heterocycles. The summed E-state index contributed by atoms with van der Waals surface area (Å²) in [6, 6.07) is 6.35. The second-order valence-electron chi connectivity index (χ2n) is 6.15. The largest absolute Gasteiger partial charge is 0.493 e. The van der Waals surface area contributed by atoms with E-state index in [0.717, 1.165) is 36.3 Å². The SMILES string of the molecule is CCOc1ccc(C)cc1C(O)CN1CCCCC1CCO. The van der Waals surface area contributed by atoms with Gasteiger partial charge in [-0.05, 0) is 51.8 Å². The van der Waals surface area contributed by atoms with Crippen LogP contribution in [0.5, 0.6) is 5.75 Å². The standard InChI is InChI=1S/C18H29NO3/c1-3-22-18-8-7-14(2)12-16(18)17(21)13-19-10-5-4-6-15(19)9-11-20/h7-8,12,15,17,20-21H,3-6,9-11,13H2,1-2H3. The Labute approximate surface area is 133 Å². The third-order valence-corrected chi connectivity index (χ3v) is 4.44. The fourth-order valence-corrected chi connectivity index (χ4v) is 3.31. The molecule has 2 atom stereocenters. The number of rotatable bonds is 7. The van der Waals surface area contributed by atoms with Crippen molar-refractivity contribution in [2.45, 2.75) is 51.7 Å². The molecule has 1 saturated heterocycles. The summed E-state index contributed by atoms with van der Waals surface area (Å²) >= 11 is 0. The van der Waals surface area contributed by atoms with Crippen molar-refractivity contribution in [1.82, 2.24) is 4.90 Å². The summed E-state index contributed by atoms with van der Waals surface area (Å²) < 4.78 is 5.66. The molecule has 2 unspecified atom stereocenters. The van der Waals surface area contributed by atoms with Crippen LogP contribution in [0.15, 0.2) is 18.2 Å². The molecule has 1 fully saturated rings. The molecule has 0 spiro atoms. The highest BCUT2D eigenvalue weighted by Crippen LogP contribution is 2.29. The zero-order chi connectivity index (χ0) is 15.9. The first-order valence-corrected chi connectivity index (χ1v) is 8.42. The van der Waals surface area contributed by atoms with Gasteiger partial charge in [-0.1, -0.05) is 18.1 Å². The number of hydrogen-bond donors (Lipinski definition) is 2. The molecule has 1 aliphatic heterocycles. The zero-order valence-corrected chi connectivity index (χ0v) is 13.8. The van der Waals surface area contributed by atoms with Gasteiger partial charge in [-0.2, -0.15) is 0 Å². The lowest BCUT2D eigenvalue weighted by molar-refractivity contribution is 0.0552. The van der Waals surface area contributed by atoms with Crippen LogP contribution in [0.3, 0.4) is 0 Å². The topological polar surface area (TPSA) is 52.9 Å². The van der Waals surface area contributed by atoms with Gasteiger partial charge in [-0.3, -0.25) is 4.90 Å². The molecule has 2 rings (SSSR count). The van der Waals surface area contributed by atoms with Crippen molar-refractivity contribution in [2.75, 3.05) is 26.3 Å². The van der Waals surface area contributed by atoms with Crippen LogP contribution in [0.1, 0.15) is 49.8 Å². The van der Waals surface area contributed by atoms with Gasteiger partial charge in [0.25, 0.3) is 0 Å². The van der Waals surface area contributed by atoms with Gasteiger partial charge in [-0.15, -0.1) is 0 Å². The fourth-order valence-electron chi connectivity index (χ4n) is 3.31. The second kappa shape index (κ2) is 8.51. The summed E-state index contributed by atoms with van der Waals surface area (Å²) in [7, 11) is 0. The molecule has 0 aromatic heterocycles. The van der Waals surface area contributed by atoms with Crippen molar-refractivity contribution in [3.8, 4) is 5.75 Å². The summed E-state index contributed by atoms with van der Waals surface area (Å²) in [5.74, 6) is 0.774. The lowest BCUT2D eigenvalue weighted by Gasteiger charge is -2.37. The van der Waals surface area contributed by atoms with Crippen molar-refractivity contribution < 1.29 is 14.9 Å². The Morgan fingerprint density at radius 3 is 2.91 bits per heavy atom. The van der Waals surface area contributed by atoms with Gasteiger partial charge in [-0.25, -0.2) is 0 Å². The normalized spacial score (nSPS) is 20.8. The number of aliphatic hydroxyl groups excluding tert-OH is 2. The molecule has 0 bridgehead atoms. The number of likely N-dealkylation sites (tertiary alicyclic amines) is 1. The third kappa shape index (κ3) is 4.45. The van der Waals surface area contributed by atoms with E-state index in [1.54, 1.807) is 0 Å². The fraction of sp³-hybridized carbons (Fsp3) is 0.667. The van der Waals surface area contributed by atoms with Crippen molar-refractivity contribution in [3.63, 3.8) is 0 Å². The maximum absolute atomic E-state index is 10.7. The lowest BCUT2D eigenvalue weighted by atomic mass is 9.97. The van der Waals surface area contributed by atoms with E-state index < -0.39 is 6.10 Å². The van der Waals surface area contributed by atoms with E-state index in [4.69, 9.17) is 4.74 Å². The summed E-state index contributed by atoms with van der Waals surface area (Å²) in [4.78, 5) is 2.32. The zero-order valence-electron chi connectivity index (χ0n) is 13.8. The predicted molar refractivity (Wildman–Crippen MR) is 88.2 cm³/mol. The van der Waals surface area contributed by atoms with Gasteiger partial charge in [0.1, 0.15) is 5.75 Å². The molecule has 2 N–H and O–H groups in total. The van der Waals surface area contributed by atoms with Gasteiger partial charge >= 0.3 is 0 Å². The van der Waals surface area contributed by atoms with Crippen LogP contribution < -0.4 is 4.74 Å². The number of β-amino-alcohol motifs (C(OH)–C–C–N with tert-alkyl or cyclic N) is 1. The lowest BCUT2D eigenvalue weighted by Crippen LogP contribution is -2.42. The second-order valence-corrected chi connectivity index (χ2v) is 6.15. The van der Waals surface area contributed by atoms with E-state index in [0.29, 0.717) is 19.2 Å². The Morgan fingerprint density at radius 1 is 1.36 bits per heavy atom. The van der Waals surface area contributed by atoms with E-state index in [1.807, 2.05) is 32.0 Å². The summed E-state index contributed by atoms with van der Waals surface area (Å²) in [5.41, 5.74) is 2.00. The van der Waals surface area contributed by atoms with Crippen LogP contribution >= 0.6 is 0 Å². The molecule has 0 saturated carbocycles. The molecule has 1 aromatic rings. The Bertz CT molecular complexity index is 462. The number of piperidine rings is 1. The molecule has 4 heteroatoms. The first kappa shape index (κ1) is 17.3. The van der Waals surface area contributed by atoms with Crippen LogP contribution in [-0.4, -0.2) is 47.5 Å². The number of aryl methyl sites for hydroxylation is 1. The molecule has 4 nitrogen and oxygen atoms in total. The predicted octanol–water partition coefficient (Wildman–Crippen LogP) is 2.66. The Kier molecular flexibility index (Phi) is 6.68. The van der Waals surface area contributed by atoms with Crippen LogP contribution in [0.2, 0.25) is 0 Å². The van der Waals surface area contributed by atoms with Crippen LogP contribution in [-0.2, 0) is 0 Å². The van der Waals surface area contributed by atoms with Crippen molar-refractivity contribution in [2.24, 2.45) is 0 Å². The minimum atomic E-state index is -0.555. The number of hydrogen-bond acceptors (Lipinski definition) is 4. The van der Waals surface area contributed by atoms with Crippen LogP contribution in [0, 0.1) is 6.92 Å². The highest BCUT2D eigenvalue weighted by atomic mass is 16.5. The Balaban J connectivity index is 2.10. The number of benzene rings is 1. The monoisotopic (exact) mass is 307 g/mol. The summed E-state index contributed by atoms with van der Waals surface area (Å²) in [6.07, 6.45) is 3.73. The Morgan fingerprint density at radius 2 is 2.18 bits per heavy atom. The van der Waals surface area contributed by atoms with Crippen molar-refractivity contribution >= 4 is 0 Å². The molecular formula is C18H29NO3.